The molecular weight excluding hydrogens is 226 g/mol. The second kappa shape index (κ2) is 5.57. The number of primary amides is 1. The predicted octanol–water partition coefficient (Wildman–Crippen LogP) is 1.10. The molecule has 2 aliphatic carbocycles. The number of carbonyl (C=O) groups is 1. The van der Waals surface area contributed by atoms with Gasteiger partial charge in [-0.05, 0) is 65.0 Å². The van der Waals surface area contributed by atoms with E-state index in [1.807, 2.05) is 14.0 Å². The van der Waals surface area contributed by atoms with Crippen LogP contribution in [0.3, 0.4) is 0 Å². The van der Waals surface area contributed by atoms with E-state index < -0.39 is 5.54 Å². The van der Waals surface area contributed by atoms with Crippen molar-refractivity contribution in [2.24, 2.45) is 11.7 Å². The Morgan fingerprint density at radius 3 is 2.50 bits per heavy atom. The molecule has 0 aromatic rings. The van der Waals surface area contributed by atoms with Crippen molar-refractivity contribution in [2.45, 2.75) is 57.0 Å². The van der Waals surface area contributed by atoms with Crippen LogP contribution in [0.2, 0.25) is 0 Å². The summed E-state index contributed by atoms with van der Waals surface area (Å²) in [6.45, 7) is 4.29. The fraction of sp³-hybridized carbons (Fsp3) is 0.929. The van der Waals surface area contributed by atoms with Crippen LogP contribution in [0.25, 0.3) is 0 Å². The summed E-state index contributed by atoms with van der Waals surface area (Å²) in [5, 5.41) is 3.06. The monoisotopic (exact) mass is 253 g/mol. The van der Waals surface area contributed by atoms with E-state index in [4.69, 9.17) is 5.73 Å². The van der Waals surface area contributed by atoms with Crippen molar-refractivity contribution in [3.63, 3.8) is 0 Å². The maximum atomic E-state index is 11.4. The van der Waals surface area contributed by atoms with Gasteiger partial charge >= 0.3 is 0 Å². The maximum absolute atomic E-state index is 11.4. The van der Waals surface area contributed by atoms with E-state index in [-0.39, 0.29) is 5.91 Å². The van der Waals surface area contributed by atoms with Crippen LogP contribution in [0.15, 0.2) is 0 Å². The zero-order chi connectivity index (χ0) is 13.2. The second-order valence-corrected chi connectivity index (χ2v) is 6.22. The van der Waals surface area contributed by atoms with Gasteiger partial charge in [-0.25, -0.2) is 0 Å². The number of likely N-dealkylation sites (N-methyl/N-ethyl adjacent to an activating group) is 1. The fourth-order valence-corrected chi connectivity index (χ4v) is 2.50. The van der Waals surface area contributed by atoms with Crippen LogP contribution in [0.5, 0.6) is 0 Å². The van der Waals surface area contributed by atoms with E-state index in [0.717, 1.165) is 31.3 Å². The normalized spacial score (nSPS) is 23.1. The van der Waals surface area contributed by atoms with E-state index in [1.165, 1.54) is 32.2 Å². The van der Waals surface area contributed by atoms with Gasteiger partial charge in [0.15, 0.2) is 0 Å². The van der Waals surface area contributed by atoms with Crippen molar-refractivity contribution in [2.75, 3.05) is 20.1 Å². The van der Waals surface area contributed by atoms with E-state index in [9.17, 15) is 4.79 Å². The second-order valence-electron chi connectivity index (χ2n) is 6.22. The van der Waals surface area contributed by atoms with Crippen molar-refractivity contribution in [3.05, 3.63) is 0 Å². The lowest BCUT2D eigenvalue weighted by atomic mass is 9.95. The lowest BCUT2D eigenvalue weighted by Crippen LogP contribution is -2.51. The highest BCUT2D eigenvalue weighted by Gasteiger charge is 2.34. The molecule has 0 saturated heterocycles. The molecule has 2 rings (SSSR count). The first kappa shape index (κ1) is 13.8. The van der Waals surface area contributed by atoms with E-state index in [2.05, 4.69) is 10.2 Å². The number of nitrogens with zero attached hydrogens (tertiary/aromatic N) is 1. The van der Waals surface area contributed by atoms with Gasteiger partial charge in [-0.1, -0.05) is 0 Å². The quantitative estimate of drug-likeness (QED) is 0.647. The van der Waals surface area contributed by atoms with Gasteiger partial charge in [-0.15, -0.1) is 0 Å². The molecule has 18 heavy (non-hydrogen) atoms. The van der Waals surface area contributed by atoms with Crippen LogP contribution in [0, 0.1) is 5.92 Å². The molecule has 0 heterocycles. The smallest absolute Gasteiger partial charge is 0.237 e. The lowest BCUT2D eigenvalue weighted by Gasteiger charge is -2.28. The Bertz CT molecular complexity index is 299. The molecule has 1 atom stereocenters. The summed E-state index contributed by atoms with van der Waals surface area (Å²) < 4.78 is 0. The average molecular weight is 253 g/mol. The topological polar surface area (TPSA) is 58.4 Å². The summed E-state index contributed by atoms with van der Waals surface area (Å²) in [6.07, 6.45) is 7.44. The minimum Gasteiger partial charge on any atom is -0.368 e. The number of carbonyl (C=O) groups excluding carboxylic acids is 1. The molecule has 1 unspecified atom stereocenters. The van der Waals surface area contributed by atoms with Gasteiger partial charge in [0.1, 0.15) is 0 Å². The van der Waals surface area contributed by atoms with Crippen molar-refractivity contribution in [1.29, 1.82) is 0 Å². The summed E-state index contributed by atoms with van der Waals surface area (Å²) >= 11 is 0. The van der Waals surface area contributed by atoms with E-state index in [1.54, 1.807) is 0 Å². The SMILES string of the molecule is CNC(C)(CCCN(CC1CC1)C1CC1)C(N)=O. The standard InChI is InChI=1S/C14H27N3O/c1-14(16-2,13(15)18)8-3-9-17(12-6-7-12)10-11-4-5-11/h11-12,16H,3-10H2,1-2H3,(H2,15,18). The Morgan fingerprint density at radius 1 is 1.39 bits per heavy atom. The molecule has 0 aromatic carbocycles. The van der Waals surface area contributed by atoms with Crippen LogP contribution in [-0.4, -0.2) is 42.5 Å². The molecule has 2 fully saturated rings. The first-order valence-electron chi connectivity index (χ1n) is 7.28. The molecule has 0 aromatic heterocycles. The summed E-state index contributed by atoms with van der Waals surface area (Å²) in [7, 11) is 1.81. The number of nitrogens with two attached hydrogens (primary N) is 1. The predicted molar refractivity (Wildman–Crippen MR) is 73.2 cm³/mol. The summed E-state index contributed by atoms with van der Waals surface area (Å²) in [4.78, 5) is 14.0. The zero-order valence-corrected chi connectivity index (χ0v) is 11.7. The van der Waals surface area contributed by atoms with Gasteiger partial charge in [0.2, 0.25) is 5.91 Å². The molecular formula is C14H27N3O. The van der Waals surface area contributed by atoms with Crippen LogP contribution >= 0.6 is 0 Å². The zero-order valence-electron chi connectivity index (χ0n) is 11.7. The number of amides is 1. The highest BCUT2D eigenvalue weighted by Crippen LogP contribution is 2.35. The van der Waals surface area contributed by atoms with Crippen LogP contribution in [0.1, 0.15) is 45.4 Å². The Labute approximate surface area is 110 Å². The molecule has 104 valence electrons. The Balaban J connectivity index is 1.73. The Hall–Kier alpha value is -0.610. The van der Waals surface area contributed by atoms with Crippen molar-refractivity contribution >= 4 is 5.91 Å². The highest BCUT2D eigenvalue weighted by molar-refractivity contribution is 5.84. The lowest BCUT2D eigenvalue weighted by molar-refractivity contribution is -0.123. The molecule has 1 amide bonds. The number of hydrogen-bond donors (Lipinski definition) is 2. The molecule has 2 aliphatic rings. The molecule has 0 bridgehead atoms. The molecule has 3 N–H and O–H groups in total. The molecule has 4 nitrogen and oxygen atoms in total. The third-order valence-electron chi connectivity index (χ3n) is 4.47. The van der Waals surface area contributed by atoms with Gasteiger partial charge < -0.3 is 16.0 Å². The summed E-state index contributed by atoms with van der Waals surface area (Å²) in [5.41, 5.74) is 4.90. The first-order chi connectivity index (χ1) is 8.55. The Morgan fingerprint density at radius 2 is 2.06 bits per heavy atom. The third-order valence-corrected chi connectivity index (χ3v) is 4.47. The third kappa shape index (κ3) is 3.69. The fourth-order valence-electron chi connectivity index (χ4n) is 2.50. The molecule has 0 spiro atoms. The average Bonchev–Trinajstić information content (AvgIpc) is 3.18. The maximum Gasteiger partial charge on any atom is 0.237 e. The highest BCUT2D eigenvalue weighted by atomic mass is 16.1. The summed E-state index contributed by atoms with van der Waals surface area (Å²) in [5.74, 6) is 0.711. The number of hydrogen-bond acceptors (Lipinski definition) is 3. The van der Waals surface area contributed by atoms with Gasteiger partial charge in [-0.3, -0.25) is 4.79 Å². The van der Waals surface area contributed by atoms with Crippen molar-refractivity contribution in [3.8, 4) is 0 Å². The first-order valence-corrected chi connectivity index (χ1v) is 7.28. The van der Waals surface area contributed by atoms with Gasteiger partial charge in [0.05, 0.1) is 5.54 Å². The van der Waals surface area contributed by atoms with Crippen molar-refractivity contribution < 1.29 is 4.79 Å². The molecule has 0 radical (unpaired) electrons. The van der Waals surface area contributed by atoms with Crippen LogP contribution in [0.4, 0.5) is 0 Å². The minimum absolute atomic E-state index is 0.245. The minimum atomic E-state index is -0.547. The van der Waals surface area contributed by atoms with Crippen LogP contribution in [-0.2, 0) is 4.79 Å². The van der Waals surface area contributed by atoms with Gasteiger partial charge in [0.25, 0.3) is 0 Å². The number of nitrogens with one attached hydrogen (secondary N) is 1. The molecule has 0 aliphatic heterocycles. The van der Waals surface area contributed by atoms with Crippen molar-refractivity contribution in [1.82, 2.24) is 10.2 Å². The number of rotatable bonds is 9. The van der Waals surface area contributed by atoms with Crippen LogP contribution < -0.4 is 11.1 Å². The molecule has 2 saturated carbocycles. The Kier molecular flexibility index (Phi) is 4.28. The largest absolute Gasteiger partial charge is 0.368 e. The van der Waals surface area contributed by atoms with E-state index in [0.29, 0.717) is 0 Å². The van der Waals surface area contributed by atoms with Gasteiger partial charge in [0, 0.05) is 12.6 Å². The molecule has 4 heteroatoms. The summed E-state index contributed by atoms with van der Waals surface area (Å²) in [6, 6.07) is 0.833. The van der Waals surface area contributed by atoms with E-state index >= 15 is 0 Å². The van der Waals surface area contributed by atoms with Gasteiger partial charge in [-0.2, -0.15) is 0 Å².